The number of amides is 1. The van der Waals surface area contributed by atoms with Gasteiger partial charge >= 0.3 is 0 Å². The Bertz CT molecular complexity index is 508. The molecule has 0 atom stereocenters. The van der Waals surface area contributed by atoms with Crippen LogP contribution in [-0.4, -0.2) is 37.6 Å². The SMILES string of the molecule is COCCNC(=O)CNc1cc(C)c(F)cc1[N+](=O)[O-]. The maximum absolute atomic E-state index is 13.3. The van der Waals surface area contributed by atoms with Gasteiger partial charge in [0.1, 0.15) is 11.5 Å². The molecule has 1 amide bonds. The highest BCUT2D eigenvalue weighted by Gasteiger charge is 2.17. The maximum atomic E-state index is 13.3. The highest BCUT2D eigenvalue weighted by Crippen LogP contribution is 2.27. The summed E-state index contributed by atoms with van der Waals surface area (Å²) in [6.45, 7) is 2.07. The molecule has 0 saturated carbocycles. The molecule has 0 bridgehead atoms. The van der Waals surface area contributed by atoms with Gasteiger partial charge in [-0.15, -0.1) is 0 Å². The number of carbonyl (C=O) groups excluding carboxylic acids is 1. The summed E-state index contributed by atoms with van der Waals surface area (Å²) in [7, 11) is 1.51. The number of halogens is 1. The van der Waals surface area contributed by atoms with E-state index in [2.05, 4.69) is 10.6 Å². The van der Waals surface area contributed by atoms with Crippen LogP contribution in [-0.2, 0) is 9.53 Å². The van der Waals surface area contributed by atoms with Gasteiger partial charge in [0.05, 0.1) is 24.1 Å². The number of nitrogens with one attached hydrogen (secondary N) is 2. The van der Waals surface area contributed by atoms with E-state index in [-0.39, 0.29) is 23.7 Å². The number of nitrogens with zero attached hydrogens (tertiary/aromatic N) is 1. The molecular weight excluding hydrogens is 269 g/mol. The monoisotopic (exact) mass is 285 g/mol. The molecule has 0 aliphatic rings. The van der Waals surface area contributed by atoms with Crippen molar-refractivity contribution < 1.29 is 18.8 Å². The van der Waals surface area contributed by atoms with Crippen molar-refractivity contribution in [2.24, 2.45) is 0 Å². The van der Waals surface area contributed by atoms with E-state index in [0.29, 0.717) is 13.2 Å². The van der Waals surface area contributed by atoms with Gasteiger partial charge in [0, 0.05) is 13.7 Å². The van der Waals surface area contributed by atoms with Crippen LogP contribution in [0.5, 0.6) is 0 Å². The van der Waals surface area contributed by atoms with Crippen LogP contribution >= 0.6 is 0 Å². The van der Waals surface area contributed by atoms with E-state index in [1.54, 1.807) is 0 Å². The van der Waals surface area contributed by atoms with E-state index in [9.17, 15) is 19.3 Å². The summed E-state index contributed by atoms with van der Waals surface area (Å²) in [5.41, 5.74) is -0.0357. The number of rotatable bonds is 7. The molecule has 1 rings (SSSR count). The number of anilines is 1. The normalized spacial score (nSPS) is 10.2. The van der Waals surface area contributed by atoms with Crippen molar-refractivity contribution >= 4 is 17.3 Å². The molecule has 8 heteroatoms. The van der Waals surface area contributed by atoms with Gasteiger partial charge in [0.25, 0.3) is 5.69 Å². The number of hydrogen-bond donors (Lipinski definition) is 2. The number of carbonyl (C=O) groups is 1. The lowest BCUT2D eigenvalue weighted by Gasteiger charge is -2.09. The number of nitro groups is 1. The van der Waals surface area contributed by atoms with Gasteiger partial charge in [0.2, 0.25) is 5.91 Å². The predicted octanol–water partition coefficient (Wildman–Crippen LogP) is 1.22. The van der Waals surface area contributed by atoms with Crippen molar-refractivity contribution in [2.75, 3.05) is 32.1 Å². The zero-order valence-corrected chi connectivity index (χ0v) is 11.2. The van der Waals surface area contributed by atoms with Crippen molar-refractivity contribution in [1.29, 1.82) is 0 Å². The Morgan fingerprint density at radius 2 is 2.20 bits per heavy atom. The third-order valence-electron chi connectivity index (χ3n) is 2.54. The minimum atomic E-state index is -0.701. The Balaban J connectivity index is 2.69. The summed E-state index contributed by atoms with van der Waals surface area (Å²) in [5, 5.41) is 16.0. The molecular formula is C12H16FN3O4. The summed E-state index contributed by atoms with van der Waals surface area (Å²) < 4.78 is 18.1. The molecule has 0 unspecified atom stereocenters. The molecule has 0 aliphatic carbocycles. The molecule has 20 heavy (non-hydrogen) atoms. The highest BCUT2D eigenvalue weighted by molar-refractivity contribution is 5.81. The van der Waals surface area contributed by atoms with Gasteiger partial charge in [-0.3, -0.25) is 14.9 Å². The Hall–Kier alpha value is -2.22. The van der Waals surface area contributed by atoms with Crippen LogP contribution in [0.2, 0.25) is 0 Å². The van der Waals surface area contributed by atoms with Crippen LogP contribution in [0.15, 0.2) is 12.1 Å². The van der Waals surface area contributed by atoms with Crippen molar-refractivity contribution in [3.05, 3.63) is 33.6 Å². The van der Waals surface area contributed by atoms with Gasteiger partial charge in [-0.2, -0.15) is 0 Å². The lowest BCUT2D eigenvalue weighted by molar-refractivity contribution is -0.384. The van der Waals surface area contributed by atoms with Gasteiger partial charge in [-0.1, -0.05) is 0 Å². The Labute approximate surface area is 115 Å². The van der Waals surface area contributed by atoms with E-state index >= 15 is 0 Å². The molecule has 0 heterocycles. The van der Waals surface area contributed by atoms with E-state index in [1.807, 2.05) is 0 Å². The summed E-state index contributed by atoms with van der Waals surface area (Å²) in [6, 6.07) is 2.14. The van der Waals surface area contributed by atoms with Crippen molar-refractivity contribution in [3.8, 4) is 0 Å². The average molecular weight is 285 g/mol. The molecule has 7 nitrogen and oxygen atoms in total. The van der Waals surface area contributed by atoms with Crippen LogP contribution in [0, 0.1) is 22.9 Å². The van der Waals surface area contributed by atoms with Crippen molar-refractivity contribution in [3.63, 3.8) is 0 Å². The van der Waals surface area contributed by atoms with Crippen molar-refractivity contribution in [1.82, 2.24) is 5.32 Å². The first-order chi connectivity index (χ1) is 9.45. The van der Waals surface area contributed by atoms with E-state index in [4.69, 9.17) is 4.74 Å². The largest absolute Gasteiger partial charge is 0.383 e. The summed E-state index contributed by atoms with van der Waals surface area (Å²) in [6.07, 6.45) is 0. The molecule has 0 radical (unpaired) electrons. The average Bonchev–Trinajstić information content (AvgIpc) is 2.39. The number of ether oxygens (including phenoxy) is 1. The molecule has 0 aliphatic heterocycles. The van der Waals surface area contributed by atoms with Crippen molar-refractivity contribution in [2.45, 2.75) is 6.92 Å². The fraction of sp³-hybridized carbons (Fsp3) is 0.417. The minimum Gasteiger partial charge on any atom is -0.383 e. The van der Waals surface area contributed by atoms with Crippen LogP contribution in [0.1, 0.15) is 5.56 Å². The molecule has 0 spiro atoms. The fourth-order valence-electron chi connectivity index (χ4n) is 1.49. The molecule has 110 valence electrons. The number of hydrogen-bond acceptors (Lipinski definition) is 5. The maximum Gasteiger partial charge on any atom is 0.295 e. The van der Waals surface area contributed by atoms with Crippen LogP contribution in [0.4, 0.5) is 15.8 Å². The minimum absolute atomic E-state index is 0.107. The van der Waals surface area contributed by atoms with Crippen LogP contribution < -0.4 is 10.6 Å². The quantitative estimate of drug-likeness (QED) is 0.446. The van der Waals surface area contributed by atoms with Gasteiger partial charge in [-0.05, 0) is 18.6 Å². The molecule has 1 aromatic carbocycles. The lowest BCUT2D eigenvalue weighted by Crippen LogP contribution is -2.32. The zero-order chi connectivity index (χ0) is 15.1. The zero-order valence-electron chi connectivity index (χ0n) is 11.2. The standard InChI is InChI=1S/C12H16FN3O4/c1-8-5-10(11(16(18)19)6-9(8)13)15-7-12(17)14-3-4-20-2/h5-6,15H,3-4,7H2,1-2H3,(H,14,17). The van der Waals surface area contributed by atoms with Gasteiger partial charge < -0.3 is 15.4 Å². The van der Waals surface area contributed by atoms with Crippen LogP contribution in [0.3, 0.4) is 0 Å². The van der Waals surface area contributed by atoms with E-state index < -0.39 is 16.4 Å². The number of methoxy groups -OCH3 is 1. The molecule has 1 aromatic rings. The third kappa shape index (κ3) is 4.47. The Morgan fingerprint density at radius 1 is 1.50 bits per heavy atom. The van der Waals surface area contributed by atoms with Gasteiger partial charge in [-0.25, -0.2) is 4.39 Å². The number of aryl methyl sites for hydroxylation is 1. The fourth-order valence-corrected chi connectivity index (χ4v) is 1.49. The molecule has 2 N–H and O–H groups in total. The van der Waals surface area contributed by atoms with Gasteiger partial charge in [0.15, 0.2) is 0 Å². The highest BCUT2D eigenvalue weighted by atomic mass is 19.1. The Morgan fingerprint density at radius 3 is 2.80 bits per heavy atom. The molecule has 0 aromatic heterocycles. The third-order valence-corrected chi connectivity index (χ3v) is 2.54. The van der Waals surface area contributed by atoms with E-state index in [0.717, 1.165) is 6.07 Å². The lowest BCUT2D eigenvalue weighted by atomic mass is 10.2. The summed E-state index contributed by atoms with van der Waals surface area (Å²) in [4.78, 5) is 21.6. The molecule has 0 saturated heterocycles. The first-order valence-electron chi connectivity index (χ1n) is 5.89. The summed E-state index contributed by atoms with van der Waals surface area (Å²) in [5.74, 6) is -0.995. The molecule has 0 fully saturated rings. The summed E-state index contributed by atoms with van der Waals surface area (Å²) >= 11 is 0. The second-order valence-electron chi connectivity index (χ2n) is 4.07. The smallest absolute Gasteiger partial charge is 0.295 e. The second-order valence-corrected chi connectivity index (χ2v) is 4.07. The Kier molecular flexibility index (Phi) is 5.85. The number of benzene rings is 1. The predicted molar refractivity (Wildman–Crippen MR) is 71.2 cm³/mol. The topological polar surface area (TPSA) is 93.5 Å². The first kappa shape index (κ1) is 15.8. The van der Waals surface area contributed by atoms with Crippen LogP contribution in [0.25, 0.3) is 0 Å². The first-order valence-corrected chi connectivity index (χ1v) is 5.89. The second kappa shape index (κ2) is 7.39. The number of nitro benzene ring substituents is 1. The van der Waals surface area contributed by atoms with E-state index in [1.165, 1.54) is 20.1 Å².